The Morgan fingerprint density at radius 2 is 2.11 bits per heavy atom. The Morgan fingerprint density at radius 1 is 1.26 bits per heavy atom. The van der Waals surface area contributed by atoms with Gasteiger partial charge in [-0.3, -0.25) is 0 Å². The lowest BCUT2D eigenvalue weighted by Gasteiger charge is -2.17. The Bertz CT molecular complexity index is 521. The Labute approximate surface area is 123 Å². The third-order valence-electron chi connectivity index (χ3n) is 3.22. The van der Waals surface area contributed by atoms with E-state index in [-0.39, 0.29) is 0 Å². The number of hydrogen-bond acceptors (Lipinski definition) is 2. The SMILES string of the molecule is CCCNC(CC)c1cccc(-c2occc2Br)c1. The van der Waals surface area contributed by atoms with E-state index >= 15 is 0 Å². The van der Waals surface area contributed by atoms with Crippen molar-refractivity contribution in [2.75, 3.05) is 6.54 Å². The zero-order valence-corrected chi connectivity index (χ0v) is 13.0. The predicted octanol–water partition coefficient (Wildman–Crippen LogP) is 5.16. The van der Waals surface area contributed by atoms with Crippen molar-refractivity contribution in [1.29, 1.82) is 0 Å². The molecule has 1 unspecified atom stereocenters. The van der Waals surface area contributed by atoms with Gasteiger partial charge in [0, 0.05) is 11.6 Å². The maximum atomic E-state index is 5.53. The van der Waals surface area contributed by atoms with Crippen molar-refractivity contribution in [3.63, 3.8) is 0 Å². The van der Waals surface area contributed by atoms with E-state index in [1.54, 1.807) is 6.26 Å². The van der Waals surface area contributed by atoms with Crippen molar-refractivity contribution < 1.29 is 4.42 Å². The molecule has 1 N–H and O–H groups in total. The van der Waals surface area contributed by atoms with Gasteiger partial charge in [0.05, 0.1) is 10.7 Å². The summed E-state index contributed by atoms with van der Waals surface area (Å²) in [6.07, 6.45) is 3.95. The van der Waals surface area contributed by atoms with Crippen LogP contribution >= 0.6 is 15.9 Å². The Hall–Kier alpha value is -1.06. The maximum Gasteiger partial charge on any atom is 0.148 e. The number of halogens is 1. The molecule has 0 saturated heterocycles. The van der Waals surface area contributed by atoms with Gasteiger partial charge in [0.2, 0.25) is 0 Å². The van der Waals surface area contributed by atoms with Gasteiger partial charge in [0.25, 0.3) is 0 Å². The first kappa shape index (κ1) is 14.4. The zero-order valence-electron chi connectivity index (χ0n) is 11.4. The number of nitrogens with one attached hydrogen (secondary N) is 1. The highest BCUT2D eigenvalue weighted by atomic mass is 79.9. The van der Waals surface area contributed by atoms with E-state index in [1.807, 2.05) is 6.07 Å². The van der Waals surface area contributed by atoms with E-state index in [2.05, 4.69) is 59.4 Å². The molecule has 2 aromatic rings. The predicted molar refractivity (Wildman–Crippen MR) is 83.2 cm³/mol. The van der Waals surface area contributed by atoms with Crippen molar-refractivity contribution in [2.24, 2.45) is 0 Å². The van der Waals surface area contributed by atoms with Gasteiger partial charge in [-0.2, -0.15) is 0 Å². The molecule has 1 atom stereocenters. The second-order valence-electron chi connectivity index (χ2n) is 4.64. The lowest BCUT2D eigenvalue weighted by atomic mass is 10.0. The van der Waals surface area contributed by atoms with Crippen LogP contribution in [-0.4, -0.2) is 6.54 Å². The summed E-state index contributed by atoms with van der Waals surface area (Å²) in [5.74, 6) is 0.896. The third kappa shape index (κ3) is 3.48. The van der Waals surface area contributed by atoms with Gasteiger partial charge in [0.15, 0.2) is 0 Å². The minimum Gasteiger partial charge on any atom is -0.463 e. The molecule has 0 spiro atoms. The quantitative estimate of drug-likeness (QED) is 0.795. The highest BCUT2D eigenvalue weighted by Gasteiger charge is 2.11. The van der Waals surface area contributed by atoms with Crippen molar-refractivity contribution in [3.05, 3.63) is 46.6 Å². The summed E-state index contributed by atoms with van der Waals surface area (Å²) >= 11 is 3.51. The van der Waals surface area contributed by atoms with Crippen LogP contribution in [0.15, 0.2) is 45.5 Å². The van der Waals surface area contributed by atoms with Crippen molar-refractivity contribution in [3.8, 4) is 11.3 Å². The van der Waals surface area contributed by atoms with E-state index in [0.29, 0.717) is 6.04 Å². The van der Waals surface area contributed by atoms with Crippen molar-refractivity contribution in [2.45, 2.75) is 32.7 Å². The molecule has 0 aliphatic heterocycles. The average molecular weight is 322 g/mol. The topological polar surface area (TPSA) is 25.2 Å². The van der Waals surface area contributed by atoms with Gasteiger partial charge in [-0.15, -0.1) is 0 Å². The fraction of sp³-hybridized carbons (Fsp3) is 0.375. The first-order valence-corrected chi connectivity index (χ1v) is 7.62. The molecule has 3 heteroatoms. The van der Waals surface area contributed by atoms with Crippen LogP contribution in [0.2, 0.25) is 0 Å². The molecule has 1 aromatic heterocycles. The third-order valence-corrected chi connectivity index (χ3v) is 3.84. The summed E-state index contributed by atoms with van der Waals surface area (Å²) in [5.41, 5.74) is 2.43. The maximum absolute atomic E-state index is 5.53. The monoisotopic (exact) mass is 321 g/mol. The molecule has 2 rings (SSSR count). The van der Waals surface area contributed by atoms with Crippen LogP contribution in [0, 0.1) is 0 Å². The minimum atomic E-state index is 0.411. The highest BCUT2D eigenvalue weighted by Crippen LogP contribution is 2.31. The van der Waals surface area contributed by atoms with Crippen LogP contribution in [0.1, 0.15) is 38.3 Å². The lowest BCUT2D eigenvalue weighted by molar-refractivity contribution is 0.518. The molecule has 0 aliphatic carbocycles. The van der Waals surface area contributed by atoms with Crippen LogP contribution in [0.5, 0.6) is 0 Å². The minimum absolute atomic E-state index is 0.411. The first-order chi connectivity index (χ1) is 9.26. The molecule has 0 saturated carbocycles. The van der Waals surface area contributed by atoms with Gasteiger partial charge in [-0.25, -0.2) is 0 Å². The number of furan rings is 1. The number of benzene rings is 1. The number of rotatable bonds is 6. The molecule has 0 bridgehead atoms. The highest BCUT2D eigenvalue weighted by molar-refractivity contribution is 9.10. The molecule has 19 heavy (non-hydrogen) atoms. The molecule has 2 nitrogen and oxygen atoms in total. The Kier molecular flexibility index (Phi) is 5.23. The summed E-state index contributed by atoms with van der Waals surface area (Å²) in [6.45, 7) is 5.45. The summed E-state index contributed by atoms with van der Waals surface area (Å²) in [6, 6.07) is 10.9. The second kappa shape index (κ2) is 6.92. The smallest absolute Gasteiger partial charge is 0.148 e. The van der Waals surface area contributed by atoms with E-state index < -0.39 is 0 Å². The fourth-order valence-electron chi connectivity index (χ4n) is 2.21. The van der Waals surface area contributed by atoms with Crippen molar-refractivity contribution >= 4 is 15.9 Å². The zero-order chi connectivity index (χ0) is 13.7. The van der Waals surface area contributed by atoms with Crippen LogP contribution in [0.3, 0.4) is 0 Å². The number of hydrogen-bond donors (Lipinski definition) is 1. The van der Waals surface area contributed by atoms with E-state index in [0.717, 1.165) is 35.2 Å². The molecule has 0 radical (unpaired) electrons. The molecule has 1 aromatic carbocycles. The van der Waals surface area contributed by atoms with E-state index in [1.165, 1.54) is 5.56 Å². The van der Waals surface area contributed by atoms with Gasteiger partial charge >= 0.3 is 0 Å². The van der Waals surface area contributed by atoms with Crippen LogP contribution in [-0.2, 0) is 0 Å². The molecular formula is C16H20BrNO. The molecule has 0 fully saturated rings. The summed E-state index contributed by atoms with van der Waals surface area (Å²) in [7, 11) is 0. The summed E-state index contributed by atoms with van der Waals surface area (Å²) in [5, 5.41) is 3.58. The largest absolute Gasteiger partial charge is 0.463 e. The first-order valence-electron chi connectivity index (χ1n) is 6.83. The van der Waals surface area contributed by atoms with Gasteiger partial charge in [-0.1, -0.05) is 32.0 Å². The molecular weight excluding hydrogens is 302 g/mol. The lowest BCUT2D eigenvalue weighted by Crippen LogP contribution is -2.21. The Morgan fingerprint density at radius 3 is 2.74 bits per heavy atom. The molecule has 0 amide bonds. The Balaban J connectivity index is 2.26. The van der Waals surface area contributed by atoms with Gasteiger partial charge in [-0.05, 0) is 53.0 Å². The summed E-state index contributed by atoms with van der Waals surface area (Å²) < 4.78 is 6.53. The van der Waals surface area contributed by atoms with Crippen LogP contribution in [0.4, 0.5) is 0 Å². The van der Waals surface area contributed by atoms with Crippen LogP contribution < -0.4 is 5.32 Å². The standard InChI is InChI=1S/C16H20BrNO/c1-3-9-18-15(4-2)12-6-5-7-13(11-12)16-14(17)8-10-19-16/h5-8,10-11,15,18H,3-4,9H2,1-2H3. The fourth-order valence-corrected chi connectivity index (χ4v) is 2.64. The van der Waals surface area contributed by atoms with Crippen LogP contribution in [0.25, 0.3) is 11.3 Å². The normalized spacial score (nSPS) is 12.6. The molecule has 1 heterocycles. The molecule has 0 aliphatic rings. The van der Waals surface area contributed by atoms with E-state index in [9.17, 15) is 0 Å². The van der Waals surface area contributed by atoms with E-state index in [4.69, 9.17) is 4.42 Å². The van der Waals surface area contributed by atoms with Crippen molar-refractivity contribution in [1.82, 2.24) is 5.32 Å². The second-order valence-corrected chi connectivity index (χ2v) is 5.49. The molecule has 102 valence electrons. The summed E-state index contributed by atoms with van der Waals surface area (Å²) in [4.78, 5) is 0. The average Bonchev–Trinajstić information content (AvgIpc) is 2.86. The van der Waals surface area contributed by atoms with Gasteiger partial charge < -0.3 is 9.73 Å². The van der Waals surface area contributed by atoms with Gasteiger partial charge in [0.1, 0.15) is 5.76 Å².